The highest BCUT2D eigenvalue weighted by Gasteiger charge is 2.25. The van der Waals surface area contributed by atoms with Gasteiger partial charge in [-0.3, -0.25) is 9.59 Å². The van der Waals surface area contributed by atoms with E-state index in [4.69, 9.17) is 16.3 Å². The van der Waals surface area contributed by atoms with E-state index in [9.17, 15) is 9.59 Å². The Morgan fingerprint density at radius 1 is 1.23 bits per heavy atom. The molecular weight excluding hydrogens is 304 g/mol. The Hall–Kier alpha value is -1.59. The van der Waals surface area contributed by atoms with Crippen molar-refractivity contribution in [1.29, 1.82) is 0 Å². The Morgan fingerprint density at radius 3 is 2.41 bits per heavy atom. The monoisotopic (exact) mass is 324 g/mol. The molecule has 0 saturated carbocycles. The standard InChI is InChI=1S/C16H21ClN2O3/c1-11-9-19(10-12(2)22-11)15(20)7-8-18-16(21)13-3-5-14(17)6-4-13/h3-6,11-12H,7-10H2,1-2H3,(H,18,21)/t11-,12-/m0/s1. The van der Waals surface area contributed by atoms with E-state index in [0.29, 0.717) is 36.6 Å². The topological polar surface area (TPSA) is 58.6 Å². The lowest BCUT2D eigenvalue weighted by molar-refractivity contribution is -0.143. The van der Waals surface area contributed by atoms with Crippen molar-refractivity contribution in [2.75, 3.05) is 19.6 Å². The summed E-state index contributed by atoms with van der Waals surface area (Å²) in [6.45, 7) is 5.44. The Kier molecular flexibility index (Phi) is 5.80. The summed E-state index contributed by atoms with van der Waals surface area (Å²) in [5.74, 6) is -0.161. The number of hydrogen-bond donors (Lipinski definition) is 1. The summed E-state index contributed by atoms with van der Waals surface area (Å²) >= 11 is 5.78. The van der Waals surface area contributed by atoms with Gasteiger partial charge in [0.25, 0.3) is 5.91 Å². The molecule has 22 heavy (non-hydrogen) atoms. The van der Waals surface area contributed by atoms with Crippen LogP contribution < -0.4 is 5.32 Å². The van der Waals surface area contributed by atoms with Crippen molar-refractivity contribution in [1.82, 2.24) is 10.2 Å². The van der Waals surface area contributed by atoms with Gasteiger partial charge in [0.05, 0.1) is 12.2 Å². The van der Waals surface area contributed by atoms with Crippen molar-refractivity contribution >= 4 is 23.4 Å². The quantitative estimate of drug-likeness (QED) is 0.922. The van der Waals surface area contributed by atoms with E-state index < -0.39 is 0 Å². The molecule has 1 aliphatic rings. The number of nitrogens with zero attached hydrogens (tertiary/aromatic N) is 1. The van der Waals surface area contributed by atoms with Crippen LogP contribution in [0.15, 0.2) is 24.3 Å². The highest BCUT2D eigenvalue weighted by atomic mass is 35.5. The molecule has 0 unspecified atom stereocenters. The number of ether oxygens (including phenoxy) is 1. The maximum absolute atomic E-state index is 12.2. The minimum Gasteiger partial charge on any atom is -0.372 e. The fourth-order valence-corrected chi connectivity index (χ4v) is 2.65. The number of benzene rings is 1. The lowest BCUT2D eigenvalue weighted by atomic mass is 10.2. The molecule has 0 bridgehead atoms. The molecule has 1 aliphatic heterocycles. The minimum atomic E-state index is -0.201. The fraction of sp³-hybridized carbons (Fsp3) is 0.500. The molecule has 1 saturated heterocycles. The highest BCUT2D eigenvalue weighted by Crippen LogP contribution is 2.12. The molecule has 0 spiro atoms. The third kappa shape index (κ3) is 4.71. The molecule has 1 N–H and O–H groups in total. The van der Waals surface area contributed by atoms with Crippen molar-refractivity contribution in [2.24, 2.45) is 0 Å². The summed E-state index contributed by atoms with van der Waals surface area (Å²) in [6, 6.07) is 6.64. The minimum absolute atomic E-state index is 0.0402. The van der Waals surface area contributed by atoms with Gasteiger partial charge in [-0.25, -0.2) is 0 Å². The fourth-order valence-electron chi connectivity index (χ4n) is 2.53. The van der Waals surface area contributed by atoms with E-state index in [-0.39, 0.29) is 24.0 Å². The molecule has 2 amide bonds. The molecule has 5 nitrogen and oxygen atoms in total. The number of amides is 2. The number of halogens is 1. The number of rotatable bonds is 4. The molecular formula is C16H21ClN2O3. The normalized spacial score (nSPS) is 21.5. The largest absolute Gasteiger partial charge is 0.372 e. The molecule has 2 rings (SSSR count). The van der Waals surface area contributed by atoms with Gasteiger partial charge < -0.3 is 15.0 Å². The molecule has 0 radical (unpaired) electrons. The SMILES string of the molecule is C[C@H]1CN(C(=O)CCNC(=O)c2ccc(Cl)cc2)C[C@H](C)O1. The van der Waals surface area contributed by atoms with Gasteiger partial charge in [0.1, 0.15) is 0 Å². The summed E-state index contributed by atoms with van der Waals surface area (Å²) in [6.07, 6.45) is 0.395. The molecule has 0 aliphatic carbocycles. The summed E-state index contributed by atoms with van der Waals surface area (Å²) < 4.78 is 5.60. The highest BCUT2D eigenvalue weighted by molar-refractivity contribution is 6.30. The summed E-state index contributed by atoms with van der Waals surface area (Å²) in [5.41, 5.74) is 0.533. The maximum atomic E-state index is 12.2. The lowest BCUT2D eigenvalue weighted by Gasteiger charge is -2.35. The van der Waals surface area contributed by atoms with Gasteiger partial charge >= 0.3 is 0 Å². The molecule has 1 heterocycles. The van der Waals surface area contributed by atoms with Crippen LogP contribution in [0.1, 0.15) is 30.6 Å². The molecule has 1 fully saturated rings. The summed E-state index contributed by atoms with van der Waals surface area (Å²) in [4.78, 5) is 25.9. The summed E-state index contributed by atoms with van der Waals surface area (Å²) in [5, 5.41) is 3.34. The smallest absolute Gasteiger partial charge is 0.251 e. The second kappa shape index (κ2) is 7.61. The maximum Gasteiger partial charge on any atom is 0.251 e. The van der Waals surface area contributed by atoms with Crippen LogP contribution in [0, 0.1) is 0 Å². The van der Waals surface area contributed by atoms with Crippen LogP contribution in [0.3, 0.4) is 0 Å². The Bertz CT molecular complexity index is 523. The average molecular weight is 325 g/mol. The zero-order chi connectivity index (χ0) is 16.1. The Morgan fingerprint density at radius 2 is 1.82 bits per heavy atom. The van der Waals surface area contributed by atoms with Crippen LogP contribution in [0.5, 0.6) is 0 Å². The number of hydrogen-bond acceptors (Lipinski definition) is 3. The van der Waals surface area contributed by atoms with Crippen LogP contribution in [0.2, 0.25) is 5.02 Å². The molecule has 120 valence electrons. The average Bonchev–Trinajstić information content (AvgIpc) is 2.46. The molecule has 1 aromatic carbocycles. The second-order valence-corrected chi connectivity index (χ2v) is 6.01. The first-order valence-corrected chi connectivity index (χ1v) is 7.80. The van der Waals surface area contributed by atoms with Gasteiger partial charge in [-0.2, -0.15) is 0 Å². The third-order valence-electron chi connectivity index (χ3n) is 3.50. The second-order valence-electron chi connectivity index (χ2n) is 5.57. The summed E-state index contributed by atoms with van der Waals surface area (Å²) in [7, 11) is 0. The van der Waals surface area contributed by atoms with Crippen molar-refractivity contribution in [2.45, 2.75) is 32.5 Å². The van der Waals surface area contributed by atoms with Gasteiger partial charge in [-0.05, 0) is 38.1 Å². The first-order valence-electron chi connectivity index (χ1n) is 7.42. The van der Waals surface area contributed by atoms with Crippen molar-refractivity contribution in [3.05, 3.63) is 34.9 Å². The van der Waals surface area contributed by atoms with Gasteiger partial charge in [0, 0.05) is 36.6 Å². The predicted octanol–water partition coefficient (Wildman–Crippen LogP) is 2.10. The van der Waals surface area contributed by atoms with E-state index in [1.807, 2.05) is 13.8 Å². The number of carbonyl (C=O) groups excluding carboxylic acids is 2. The lowest BCUT2D eigenvalue weighted by Crippen LogP contribution is -2.48. The Labute approximate surface area is 135 Å². The number of morpholine rings is 1. The number of carbonyl (C=O) groups is 2. The van der Waals surface area contributed by atoms with E-state index in [1.165, 1.54) is 0 Å². The van der Waals surface area contributed by atoms with E-state index in [2.05, 4.69) is 5.32 Å². The van der Waals surface area contributed by atoms with Gasteiger partial charge in [0.2, 0.25) is 5.91 Å². The predicted molar refractivity (Wildman–Crippen MR) is 85.0 cm³/mol. The molecule has 2 atom stereocenters. The van der Waals surface area contributed by atoms with Crippen molar-refractivity contribution in [3.63, 3.8) is 0 Å². The molecule has 1 aromatic rings. The number of nitrogens with one attached hydrogen (secondary N) is 1. The zero-order valence-corrected chi connectivity index (χ0v) is 13.6. The van der Waals surface area contributed by atoms with Crippen LogP contribution in [-0.4, -0.2) is 48.6 Å². The van der Waals surface area contributed by atoms with Crippen molar-refractivity contribution < 1.29 is 14.3 Å². The first kappa shape index (κ1) is 16.8. The van der Waals surface area contributed by atoms with E-state index in [0.717, 1.165) is 0 Å². The van der Waals surface area contributed by atoms with Crippen LogP contribution in [-0.2, 0) is 9.53 Å². The van der Waals surface area contributed by atoms with Crippen molar-refractivity contribution in [3.8, 4) is 0 Å². The Balaban J connectivity index is 1.77. The third-order valence-corrected chi connectivity index (χ3v) is 3.76. The van der Waals surface area contributed by atoms with Crippen LogP contribution in [0.25, 0.3) is 0 Å². The van der Waals surface area contributed by atoms with Gasteiger partial charge in [-0.15, -0.1) is 0 Å². The van der Waals surface area contributed by atoms with Gasteiger partial charge in [0.15, 0.2) is 0 Å². The van der Waals surface area contributed by atoms with E-state index in [1.54, 1.807) is 29.2 Å². The van der Waals surface area contributed by atoms with Crippen LogP contribution >= 0.6 is 11.6 Å². The zero-order valence-electron chi connectivity index (χ0n) is 12.8. The molecule has 0 aromatic heterocycles. The van der Waals surface area contributed by atoms with Gasteiger partial charge in [-0.1, -0.05) is 11.6 Å². The van der Waals surface area contributed by atoms with Crippen LogP contribution in [0.4, 0.5) is 0 Å². The first-order chi connectivity index (χ1) is 10.5. The molecule has 6 heteroatoms. The van der Waals surface area contributed by atoms with E-state index >= 15 is 0 Å².